The van der Waals surface area contributed by atoms with Crippen molar-refractivity contribution in [3.63, 3.8) is 0 Å². The van der Waals surface area contributed by atoms with Crippen molar-refractivity contribution >= 4 is 5.82 Å². The van der Waals surface area contributed by atoms with Crippen molar-refractivity contribution in [2.75, 3.05) is 11.9 Å². The third-order valence-corrected chi connectivity index (χ3v) is 3.55. The van der Waals surface area contributed by atoms with Crippen molar-refractivity contribution in [1.82, 2.24) is 9.97 Å². The number of benzene rings is 1. The van der Waals surface area contributed by atoms with Gasteiger partial charge in [-0.1, -0.05) is 30.7 Å². The molecule has 1 N–H and O–H groups in total. The van der Waals surface area contributed by atoms with Crippen LogP contribution in [0.5, 0.6) is 0 Å². The van der Waals surface area contributed by atoms with Gasteiger partial charge in [0, 0.05) is 23.4 Å². The van der Waals surface area contributed by atoms with Crippen molar-refractivity contribution in [3.05, 3.63) is 40.6 Å². The summed E-state index contributed by atoms with van der Waals surface area (Å²) in [5.74, 6) is 1.76. The minimum Gasteiger partial charge on any atom is -0.370 e. The van der Waals surface area contributed by atoms with Gasteiger partial charge in [0.25, 0.3) is 0 Å². The van der Waals surface area contributed by atoms with Gasteiger partial charge in [0.15, 0.2) is 5.82 Å². The first kappa shape index (κ1) is 14.5. The summed E-state index contributed by atoms with van der Waals surface area (Å²) in [6, 6.07) is 6.39. The Morgan fingerprint density at radius 2 is 1.80 bits per heavy atom. The molecule has 0 aliphatic heterocycles. The molecule has 0 unspecified atom stereocenters. The monoisotopic (exact) mass is 269 g/mol. The van der Waals surface area contributed by atoms with Crippen molar-refractivity contribution in [2.45, 2.75) is 41.0 Å². The number of anilines is 1. The molecule has 2 aromatic rings. The maximum Gasteiger partial charge on any atom is 0.162 e. The van der Waals surface area contributed by atoms with Crippen molar-refractivity contribution < 1.29 is 0 Å². The second kappa shape index (κ2) is 6.04. The Morgan fingerprint density at radius 1 is 1.05 bits per heavy atom. The van der Waals surface area contributed by atoms with E-state index in [0.29, 0.717) is 0 Å². The Hall–Kier alpha value is -1.90. The predicted molar refractivity (Wildman–Crippen MR) is 85.2 cm³/mol. The van der Waals surface area contributed by atoms with Crippen LogP contribution in [0.15, 0.2) is 18.2 Å². The van der Waals surface area contributed by atoms with Crippen molar-refractivity contribution in [1.29, 1.82) is 0 Å². The summed E-state index contributed by atoms with van der Waals surface area (Å²) in [5, 5.41) is 3.39. The zero-order valence-corrected chi connectivity index (χ0v) is 13.0. The average Bonchev–Trinajstić information content (AvgIpc) is 2.40. The summed E-state index contributed by atoms with van der Waals surface area (Å²) in [7, 11) is 0. The first-order valence-electron chi connectivity index (χ1n) is 7.19. The van der Waals surface area contributed by atoms with Crippen LogP contribution in [0.4, 0.5) is 5.82 Å². The fraction of sp³-hybridized carbons (Fsp3) is 0.412. The van der Waals surface area contributed by atoms with Crippen LogP contribution in [-0.4, -0.2) is 16.5 Å². The van der Waals surface area contributed by atoms with Crippen LogP contribution in [0.25, 0.3) is 11.4 Å². The Balaban J connectivity index is 2.48. The molecular formula is C17H23N3. The van der Waals surface area contributed by atoms with E-state index >= 15 is 0 Å². The predicted octanol–water partition coefficient (Wildman–Crippen LogP) is 4.20. The van der Waals surface area contributed by atoms with E-state index in [9.17, 15) is 0 Å². The molecule has 0 fully saturated rings. The molecule has 0 spiro atoms. The van der Waals surface area contributed by atoms with Crippen LogP contribution < -0.4 is 5.32 Å². The summed E-state index contributed by atoms with van der Waals surface area (Å²) in [4.78, 5) is 9.36. The Labute approximate surface area is 121 Å². The molecule has 3 nitrogen and oxygen atoms in total. The van der Waals surface area contributed by atoms with Gasteiger partial charge in [-0.25, -0.2) is 9.97 Å². The highest BCUT2D eigenvalue weighted by molar-refractivity contribution is 5.63. The van der Waals surface area contributed by atoms with Gasteiger partial charge in [-0.3, -0.25) is 0 Å². The van der Waals surface area contributed by atoms with Gasteiger partial charge in [0.2, 0.25) is 0 Å². The van der Waals surface area contributed by atoms with Crippen molar-refractivity contribution in [2.24, 2.45) is 0 Å². The van der Waals surface area contributed by atoms with Gasteiger partial charge >= 0.3 is 0 Å². The van der Waals surface area contributed by atoms with Gasteiger partial charge in [-0.2, -0.15) is 0 Å². The van der Waals surface area contributed by atoms with Crippen LogP contribution in [0.3, 0.4) is 0 Å². The largest absolute Gasteiger partial charge is 0.370 e. The van der Waals surface area contributed by atoms with E-state index in [1.165, 1.54) is 11.1 Å². The molecule has 2 rings (SSSR count). The molecular weight excluding hydrogens is 246 g/mol. The van der Waals surface area contributed by atoms with Crippen molar-refractivity contribution in [3.8, 4) is 11.4 Å². The summed E-state index contributed by atoms with van der Waals surface area (Å²) >= 11 is 0. The van der Waals surface area contributed by atoms with E-state index in [1.54, 1.807) is 0 Å². The maximum absolute atomic E-state index is 4.71. The minimum atomic E-state index is 0.809. The molecule has 1 heterocycles. The van der Waals surface area contributed by atoms with Gasteiger partial charge in [0.1, 0.15) is 5.82 Å². The lowest BCUT2D eigenvalue weighted by Gasteiger charge is -2.13. The van der Waals surface area contributed by atoms with Gasteiger partial charge in [-0.05, 0) is 39.7 Å². The molecule has 3 heteroatoms. The summed E-state index contributed by atoms with van der Waals surface area (Å²) in [6.45, 7) is 11.4. The van der Waals surface area contributed by atoms with Crippen LogP contribution in [0.2, 0.25) is 0 Å². The second-order valence-corrected chi connectivity index (χ2v) is 5.35. The molecule has 0 aliphatic carbocycles. The lowest BCUT2D eigenvalue weighted by molar-refractivity contribution is 0.954. The summed E-state index contributed by atoms with van der Waals surface area (Å²) in [6.07, 6.45) is 1.08. The first-order chi connectivity index (χ1) is 9.52. The molecule has 0 atom stereocenters. The van der Waals surface area contributed by atoms with Crippen LogP contribution in [-0.2, 0) is 0 Å². The van der Waals surface area contributed by atoms with E-state index < -0.39 is 0 Å². The van der Waals surface area contributed by atoms with E-state index in [0.717, 1.165) is 41.4 Å². The highest BCUT2D eigenvalue weighted by Crippen LogP contribution is 2.24. The quantitative estimate of drug-likeness (QED) is 0.904. The third kappa shape index (κ3) is 2.98. The summed E-state index contributed by atoms with van der Waals surface area (Å²) in [5.41, 5.74) is 5.76. The minimum absolute atomic E-state index is 0.809. The van der Waals surface area contributed by atoms with Gasteiger partial charge in [-0.15, -0.1) is 0 Å². The van der Waals surface area contributed by atoms with E-state index in [1.807, 2.05) is 6.92 Å². The molecule has 0 amide bonds. The molecule has 0 bridgehead atoms. The topological polar surface area (TPSA) is 37.8 Å². The normalized spacial score (nSPS) is 10.7. The number of hydrogen-bond donors (Lipinski definition) is 1. The average molecular weight is 269 g/mol. The number of aryl methyl sites for hydroxylation is 3. The van der Waals surface area contributed by atoms with E-state index in [4.69, 9.17) is 4.98 Å². The zero-order valence-electron chi connectivity index (χ0n) is 13.0. The zero-order chi connectivity index (χ0) is 14.7. The SMILES string of the molecule is CCCNc1nc(-c2ccc(C)cc2C)nc(C)c1C. The standard InChI is InChI=1S/C17H23N3/c1-6-9-18-16-13(4)14(5)19-17(20-16)15-8-7-11(2)10-12(15)3/h7-8,10H,6,9H2,1-5H3,(H,18,19,20). The fourth-order valence-corrected chi connectivity index (χ4v) is 2.23. The molecule has 0 saturated heterocycles. The smallest absolute Gasteiger partial charge is 0.162 e. The molecule has 0 radical (unpaired) electrons. The highest BCUT2D eigenvalue weighted by Gasteiger charge is 2.11. The molecule has 1 aromatic carbocycles. The van der Waals surface area contributed by atoms with Gasteiger partial charge in [0.05, 0.1) is 0 Å². The number of rotatable bonds is 4. The maximum atomic E-state index is 4.71. The van der Waals surface area contributed by atoms with E-state index in [-0.39, 0.29) is 0 Å². The Kier molecular flexibility index (Phi) is 4.38. The summed E-state index contributed by atoms with van der Waals surface area (Å²) < 4.78 is 0. The molecule has 20 heavy (non-hydrogen) atoms. The number of hydrogen-bond acceptors (Lipinski definition) is 3. The van der Waals surface area contributed by atoms with Crippen LogP contribution in [0.1, 0.15) is 35.7 Å². The lowest BCUT2D eigenvalue weighted by atomic mass is 10.0. The number of nitrogens with zero attached hydrogens (tertiary/aromatic N) is 2. The third-order valence-electron chi connectivity index (χ3n) is 3.55. The lowest BCUT2D eigenvalue weighted by Crippen LogP contribution is -2.07. The number of aromatic nitrogens is 2. The Bertz CT molecular complexity index is 618. The van der Waals surface area contributed by atoms with Crippen LogP contribution in [0, 0.1) is 27.7 Å². The second-order valence-electron chi connectivity index (χ2n) is 5.35. The first-order valence-corrected chi connectivity index (χ1v) is 7.19. The highest BCUT2D eigenvalue weighted by atomic mass is 15.0. The molecule has 0 saturated carbocycles. The molecule has 1 aromatic heterocycles. The van der Waals surface area contributed by atoms with Crippen LogP contribution >= 0.6 is 0 Å². The Morgan fingerprint density at radius 3 is 2.45 bits per heavy atom. The van der Waals surface area contributed by atoms with Gasteiger partial charge < -0.3 is 5.32 Å². The molecule has 0 aliphatic rings. The molecule has 106 valence electrons. The van der Waals surface area contributed by atoms with E-state index in [2.05, 4.69) is 56.2 Å². The number of nitrogens with one attached hydrogen (secondary N) is 1. The fourth-order valence-electron chi connectivity index (χ4n) is 2.23.